The van der Waals surface area contributed by atoms with Gasteiger partial charge in [-0.05, 0) is 47.2 Å². The van der Waals surface area contributed by atoms with Gasteiger partial charge in [0, 0.05) is 27.6 Å². The molecule has 32 heavy (non-hydrogen) atoms. The number of methoxy groups -OCH3 is 1. The van der Waals surface area contributed by atoms with Crippen molar-refractivity contribution in [3.63, 3.8) is 0 Å². The van der Waals surface area contributed by atoms with E-state index < -0.39 is 22.0 Å². The van der Waals surface area contributed by atoms with Gasteiger partial charge in [-0.15, -0.1) is 23.7 Å². The fourth-order valence-corrected chi connectivity index (χ4v) is 5.61. The number of aromatic nitrogens is 1. The number of carboxylic acid groups (broad SMARTS) is 1. The molecular weight excluding hydrogens is 474 g/mol. The maximum Gasteiger partial charge on any atom is 0.322 e. The number of nitrogen functional groups attached to an aromatic ring is 1. The largest absolute Gasteiger partial charge is 0.497 e. The van der Waals surface area contributed by atoms with Crippen molar-refractivity contribution in [3.05, 3.63) is 59.6 Å². The number of nitrogens with zero attached hydrogens (tertiary/aromatic N) is 1. The summed E-state index contributed by atoms with van der Waals surface area (Å²) in [4.78, 5) is 16.5. The SMILES string of the molecule is COc1ccc2ccc(S(=O)(=O)NC(Cc3cc4c(N)nccc4s3)C(=O)O)cc2c1.Cl. The summed E-state index contributed by atoms with van der Waals surface area (Å²) < 4.78 is 34.2. The molecule has 2 aromatic heterocycles. The Bertz CT molecular complexity index is 1410. The van der Waals surface area contributed by atoms with Crippen LogP contribution < -0.4 is 15.2 Å². The Balaban J connectivity index is 0.00000289. The van der Waals surface area contributed by atoms with E-state index in [9.17, 15) is 18.3 Å². The Morgan fingerprint density at radius 1 is 1.19 bits per heavy atom. The highest BCUT2D eigenvalue weighted by Gasteiger charge is 2.26. The Hall–Kier alpha value is -2.92. The van der Waals surface area contributed by atoms with Gasteiger partial charge in [0.05, 0.1) is 12.0 Å². The van der Waals surface area contributed by atoms with Crippen molar-refractivity contribution >= 4 is 66.4 Å². The van der Waals surface area contributed by atoms with E-state index in [4.69, 9.17) is 10.5 Å². The number of anilines is 1. The molecule has 0 aliphatic rings. The molecule has 0 bridgehead atoms. The van der Waals surface area contributed by atoms with E-state index in [0.29, 0.717) is 21.8 Å². The van der Waals surface area contributed by atoms with Crippen molar-refractivity contribution in [2.24, 2.45) is 0 Å². The number of nitrogens with one attached hydrogen (secondary N) is 1. The first-order valence-corrected chi connectivity index (χ1v) is 11.5. The zero-order valence-electron chi connectivity index (χ0n) is 16.8. The molecular formula is C21H20ClN3O5S2. The lowest BCUT2D eigenvalue weighted by molar-refractivity contribution is -0.138. The molecule has 4 rings (SSSR count). The Labute approximate surface area is 194 Å². The number of aliphatic carboxylic acids is 1. The maximum absolute atomic E-state index is 12.9. The number of fused-ring (bicyclic) bond motifs is 2. The van der Waals surface area contributed by atoms with Crippen molar-refractivity contribution in [3.8, 4) is 5.75 Å². The fourth-order valence-electron chi connectivity index (χ4n) is 3.27. The van der Waals surface area contributed by atoms with Crippen molar-refractivity contribution in [1.29, 1.82) is 0 Å². The molecule has 0 aliphatic heterocycles. The first-order chi connectivity index (χ1) is 14.8. The second-order valence-corrected chi connectivity index (χ2v) is 9.79. The lowest BCUT2D eigenvalue weighted by atomic mass is 10.1. The highest BCUT2D eigenvalue weighted by molar-refractivity contribution is 7.89. The van der Waals surface area contributed by atoms with Crippen LogP contribution in [0.15, 0.2) is 59.6 Å². The zero-order valence-corrected chi connectivity index (χ0v) is 19.3. The Kier molecular flexibility index (Phi) is 6.89. The minimum absolute atomic E-state index is 0. The van der Waals surface area contributed by atoms with E-state index in [1.54, 1.807) is 36.5 Å². The summed E-state index contributed by atoms with van der Waals surface area (Å²) in [6, 6.07) is 12.1. The first kappa shape index (κ1) is 23.7. The number of thiophene rings is 1. The van der Waals surface area contributed by atoms with Gasteiger partial charge in [0.25, 0.3) is 0 Å². The lowest BCUT2D eigenvalue weighted by Crippen LogP contribution is -2.42. The fraction of sp³-hybridized carbons (Fsp3) is 0.143. The number of pyridine rings is 1. The number of hydrogen-bond acceptors (Lipinski definition) is 7. The van der Waals surface area contributed by atoms with Crippen LogP contribution in [0, 0.1) is 0 Å². The van der Waals surface area contributed by atoms with Crippen molar-refractivity contribution < 1.29 is 23.1 Å². The summed E-state index contributed by atoms with van der Waals surface area (Å²) in [5, 5.41) is 11.9. The van der Waals surface area contributed by atoms with Gasteiger partial charge < -0.3 is 15.6 Å². The molecule has 0 saturated heterocycles. The summed E-state index contributed by atoms with van der Waals surface area (Å²) in [6.07, 6.45) is 1.55. The highest BCUT2D eigenvalue weighted by Crippen LogP contribution is 2.29. The number of ether oxygens (including phenoxy) is 1. The molecule has 2 heterocycles. The molecule has 4 N–H and O–H groups in total. The summed E-state index contributed by atoms with van der Waals surface area (Å²) >= 11 is 1.35. The third-order valence-corrected chi connectivity index (χ3v) is 7.45. The van der Waals surface area contributed by atoms with Crippen LogP contribution in [0.25, 0.3) is 20.9 Å². The monoisotopic (exact) mass is 493 g/mol. The molecule has 1 unspecified atom stereocenters. The zero-order chi connectivity index (χ0) is 22.2. The molecule has 1 atom stereocenters. The standard InChI is InChI=1S/C21H19N3O5S2.ClH/c1-29-14-4-2-12-3-5-16(9-13(12)8-14)31(27,28)24-18(21(25)26)11-15-10-17-19(30-15)6-7-23-20(17)22;/h2-10,18,24H,11H2,1H3,(H2,22,23)(H,25,26);1H. The van der Waals surface area contributed by atoms with Crippen LogP contribution in [0.5, 0.6) is 5.75 Å². The molecule has 2 aromatic carbocycles. The van der Waals surface area contributed by atoms with E-state index in [1.165, 1.54) is 30.6 Å². The second-order valence-electron chi connectivity index (χ2n) is 6.91. The summed E-state index contributed by atoms with van der Waals surface area (Å²) in [6.45, 7) is 0. The van der Waals surface area contributed by atoms with Gasteiger partial charge in [-0.3, -0.25) is 4.79 Å². The number of nitrogens with two attached hydrogens (primary N) is 1. The van der Waals surface area contributed by atoms with Gasteiger partial charge in [0.15, 0.2) is 0 Å². The average molecular weight is 494 g/mol. The Morgan fingerprint density at radius 2 is 1.94 bits per heavy atom. The molecule has 0 aliphatic carbocycles. The number of carbonyl (C=O) groups is 1. The topological polar surface area (TPSA) is 132 Å². The van der Waals surface area contributed by atoms with Crippen molar-refractivity contribution in [2.45, 2.75) is 17.4 Å². The van der Waals surface area contributed by atoms with Gasteiger partial charge in [-0.25, -0.2) is 13.4 Å². The third kappa shape index (κ3) is 4.78. The molecule has 8 nitrogen and oxygen atoms in total. The highest BCUT2D eigenvalue weighted by atomic mass is 35.5. The predicted molar refractivity (Wildman–Crippen MR) is 127 cm³/mol. The number of halogens is 1. The molecule has 168 valence electrons. The molecule has 0 saturated carbocycles. The molecule has 0 spiro atoms. The predicted octanol–water partition coefficient (Wildman–Crippen LogP) is 3.44. The summed E-state index contributed by atoms with van der Waals surface area (Å²) in [5.74, 6) is -0.328. The second kappa shape index (κ2) is 9.29. The Morgan fingerprint density at radius 3 is 2.62 bits per heavy atom. The maximum atomic E-state index is 12.9. The smallest absolute Gasteiger partial charge is 0.322 e. The van der Waals surface area contributed by atoms with Crippen molar-refractivity contribution in [2.75, 3.05) is 12.8 Å². The van der Waals surface area contributed by atoms with Crippen LogP contribution in [0.2, 0.25) is 0 Å². The van der Waals surface area contributed by atoms with Crippen LogP contribution in [0.4, 0.5) is 5.82 Å². The normalized spacial score (nSPS) is 12.4. The van der Waals surface area contributed by atoms with Crippen LogP contribution in [0.3, 0.4) is 0 Å². The molecule has 0 radical (unpaired) electrons. The molecule has 0 fully saturated rings. The summed E-state index contributed by atoms with van der Waals surface area (Å²) in [7, 11) is -2.55. The van der Waals surface area contributed by atoms with Crippen LogP contribution in [-0.2, 0) is 21.2 Å². The summed E-state index contributed by atoms with van der Waals surface area (Å²) in [5.41, 5.74) is 5.86. The van der Waals surface area contributed by atoms with E-state index in [1.807, 2.05) is 6.07 Å². The molecule has 4 aromatic rings. The number of benzene rings is 2. The quantitative estimate of drug-likeness (QED) is 0.359. The third-order valence-electron chi connectivity index (χ3n) is 4.86. The van der Waals surface area contributed by atoms with Gasteiger partial charge in [0.2, 0.25) is 10.0 Å². The van der Waals surface area contributed by atoms with Crippen LogP contribution in [0.1, 0.15) is 4.88 Å². The van der Waals surface area contributed by atoms with Gasteiger partial charge in [-0.2, -0.15) is 4.72 Å². The average Bonchev–Trinajstić information content (AvgIpc) is 3.16. The van der Waals surface area contributed by atoms with Gasteiger partial charge >= 0.3 is 5.97 Å². The van der Waals surface area contributed by atoms with E-state index in [0.717, 1.165) is 15.5 Å². The van der Waals surface area contributed by atoms with Crippen LogP contribution >= 0.6 is 23.7 Å². The molecule has 0 amide bonds. The van der Waals surface area contributed by atoms with Crippen molar-refractivity contribution in [1.82, 2.24) is 9.71 Å². The lowest BCUT2D eigenvalue weighted by Gasteiger charge is -2.14. The van der Waals surface area contributed by atoms with E-state index in [2.05, 4.69) is 9.71 Å². The van der Waals surface area contributed by atoms with Gasteiger partial charge in [0.1, 0.15) is 17.6 Å². The first-order valence-electron chi connectivity index (χ1n) is 9.22. The number of hydrogen-bond donors (Lipinski definition) is 3. The number of carboxylic acids is 1. The van der Waals surface area contributed by atoms with E-state index in [-0.39, 0.29) is 23.7 Å². The number of sulfonamides is 1. The van der Waals surface area contributed by atoms with Gasteiger partial charge in [-0.1, -0.05) is 12.1 Å². The van der Waals surface area contributed by atoms with E-state index >= 15 is 0 Å². The van der Waals surface area contributed by atoms with Crippen LogP contribution in [-0.4, -0.2) is 37.6 Å². The minimum atomic E-state index is -4.08. The number of rotatable bonds is 7. The minimum Gasteiger partial charge on any atom is -0.497 e. The molecule has 11 heteroatoms.